The van der Waals surface area contributed by atoms with Gasteiger partial charge in [0.05, 0.1) is 12.2 Å². The van der Waals surface area contributed by atoms with Crippen LogP contribution < -0.4 is 5.32 Å². The molecule has 1 fully saturated rings. The predicted molar refractivity (Wildman–Crippen MR) is 96.0 cm³/mol. The third kappa shape index (κ3) is 4.85. The van der Waals surface area contributed by atoms with Crippen molar-refractivity contribution < 1.29 is 14.3 Å². The van der Waals surface area contributed by atoms with Crippen LogP contribution in [0.25, 0.3) is 0 Å². The fourth-order valence-corrected chi connectivity index (χ4v) is 2.81. The van der Waals surface area contributed by atoms with Gasteiger partial charge < -0.3 is 9.64 Å². The van der Waals surface area contributed by atoms with Gasteiger partial charge in [-0.05, 0) is 19.4 Å². The number of hydrogen-bond donors (Lipinski definition) is 1. The first-order valence-corrected chi connectivity index (χ1v) is 8.43. The Bertz CT molecular complexity index is 561. The second-order valence-electron chi connectivity index (χ2n) is 5.45. The van der Waals surface area contributed by atoms with Crippen LogP contribution in [0.15, 0.2) is 48.4 Å². The molecule has 0 aromatic carbocycles. The molecule has 1 saturated heterocycles. The first-order chi connectivity index (χ1) is 11.6. The summed E-state index contributed by atoms with van der Waals surface area (Å²) in [6, 6.07) is -0.340. The number of amides is 2. The molecule has 5 heteroatoms. The Morgan fingerprint density at radius 2 is 2.08 bits per heavy atom. The summed E-state index contributed by atoms with van der Waals surface area (Å²) < 4.78 is 5.77. The van der Waals surface area contributed by atoms with E-state index in [2.05, 4.69) is 18.5 Å². The van der Waals surface area contributed by atoms with E-state index in [4.69, 9.17) is 4.74 Å². The van der Waals surface area contributed by atoms with Crippen LogP contribution in [0, 0.1) is 0 Å². The van der Waals surface area contributed by atoms with Gasteiger partial charge in [0, 0.05) is 12.8 Å². The maximum atomic E-state index is 12.1. The molecule has 2 rings (SSSR count). The number of nitrogens with zero attached hydrogens (tertiary/aromatic N) is 1. The molecule has 0 saturated carbocycles. The lowest BCUT2D eigenvalue weighted by Gasteiger charge is -2.39. The zero-order valence-corrected chi connectivity index (χ0v) is 14.9. The van der Waals surface area contributed by atoms with Crippen molar-refractivity contribution >= 4 is 11.8 Å². The molecule has 132 valence electrons. The summed E-state index contributed by atoms with van der Waals surface area (Å²) in [6.07, 6.45) is 6.93. The molecule has 2 heterocycles. The van der Waals surface area contributed by atoms with Gasteiger partial charge in [-0.15, -0.1) is 0 Å². The molecule has 1 N–H and O–H groups in total. The number of rotatable bonds is 5. The van der Waals surface area contributed by atoms with Crippen LogP contribution in [-0.4, -0.2) is 35.9 Å². The predicted octanol–water partition coefficient (Wildman–Crippen LogP) is 3.07. The average Bonchev–Trinajstić information content (AvgIpc) is 2.57. The van der Waals surface area contributed by atoms with Gasteiger partial charge in [-0.2, -0.15) is 0 Å². The van der Waals surface area contributed by atoms with E-state index in [1.807, 2.05) is 31.7 Å². The fourth-order valence-electron chi connectivity index (χ4n) is 2.81. The smallest absolute Gasteiger partial charge is 0.249 e. The molecule has 0 radical (unpaired) electrons. The maximum absolute atomic E-state index is 12.1. The van der Waals surface area contributed by atoms with Gasteiger partial charge in [0.25, 0.3) is 0 Å². The van der Waals surface area contributed by atoms with Crippen LogP contribution in [0.3, 0.4) is 0 Å². The number of hydrogen-bond acceptors (Lipinski definition) is 4. The van der Waals surface area contributed by atoms with E-state index < -0.39 is 0 Å². The zero-order valence-electron chi connectivity index (χ0n) is 14.9. The second kappa shape index (κ2) is 9.75. The van der Waals surface area contributed by atoms with Crippen LogP contribution in [0.4, 0.5) is 0 Å². The molecule has 0 spiro atoms. The van der Waals surface area contributed by atoms with Crippen molar-refractivity contribution in [2.24, 2.45) is 0 Å². The van der Waals surface area contributed by atoms with Gasteiger partial charge in [0.2, 0.25) is 11.8 Å². The number of carbonyl (C=O) groups excluding carboxylic acids is 2. The number of piperidine rings is 1. The van der Waals surface area contributed by atoms with Gasteiger partial charge in [0.1, 0.15) is 18.4 Å². The molecule has 0 aliphatic carbocycles. The van der Waals surface area contributed by atoms with Crippen molar-refractivity contribution in [3.05, 3.63) is 48.4 Å². The Balaban J connectivity index is 0.00000139. The van der Waals surface area contributed by atoms with E-state index >= 15 is 0 Å². The van der Waals surface area contributed by atoms with Gasteiger partial charge in [0.15, 0.2) is 0 Å². The minimum atomic E-state index is -0.340. The molecule has 5 nitrogen and oxygen atoms in total. The van der Waals surface area contributed by atoms with Crippen molar-refractivity contribution in [3.63, 3.8) is 0 Å². The third-order valence-electron chi connectivity index (χ3n) is 3.83. The summed E-state index contributed by atoms with van der Waals surface area (Å²) in [6.45, 7) is 14.7. The van der Waals surface area contributed by atoms with Crippen molar-refractivity contribution in [1.29, 1.82) is 0 Å². The minimum absolute atomic E-state index is 0.205. The van der Waals surface area contributed by atoms with Crippen LogP contribution >= 0.6 is 0 Å². The van der Waals surface area contributed by atoms with Crippen molar-refractivity contribution in [2.45, 2.75) is 46.1 Å². The van der Waals surface area contributed by atoms with Crippen molar-refractivity contribution in [1.82, 2.24) is 10.2 Å². The molecule has 1 unspecified atom stereocenters. The lowest BCUT2D eigenvalue weighted by Crippen LogP contribution is -2.53. The van der Waals surface area contributed by atoms with E-state index in [9.17, 15) is 9.59 Å². The largest absolute Gasteiger partial charge is 0.494 e. The van der Waals surface area contributed by atoms with Crippen LogP contribution in [-0.2, 0) is 14.3 Å². The number of ether oxygens (including phenoxy) is 1. The highest BCUT2D eigenvalue weighted by Crippen LogP contribution is 2.27. The van der Waals surface area contributed by atoms with Crippen LogP contribution in [0.2, 0.25) is 0 Å². The Kier molecular flexibility index (Phi) is 8.02. The monoisotopic (exact) mass is 332 g/mol. The highest BCUT2D eigenvalue weighted by Gasteiger charge is 2.34. The van der Waals surface area contributed by atoms with Gasteiger partial charge in [-0.1, -0.05) is 44.7 Å². The lowest BCUT2D eigenvalue weighted by molar-refractivity contribution is -0.137. The summed E-state index contributed by atoms with van der Waals surface area (Å²) in [5.74, 6) is 0.361. The summed E-state index contributed by atoms with van der Waals surface area (Å²) in [5.41, 5.74) is 1.95. The SMILES string of the molecule is C=CC=C(C)CC1=C(C=C)N(C2CCC(=O)NC2=O)CCO1.CC. The normalized spacial score (nSPS) is 21.4. The Morgan fingerprint density at radius 3 is 2.67 bits per heavy atom. The number of imide groups is 1. The van der Waals surface area contributed by atoms with E-state index in [0.717, 1.165) is 17.0 Å². The van der Waals surface area contributed by atoms with E-state index in [-0.39, 0.29) is 17.9 Å². The average molecular weight is 332 g/mol. The van der Waals surface area contributed by atoms with Crippen LogP contribution in [0.1, 0.15) is 40.0 Å². The molecule has 1 atom stereocenters. The van der Waals surface area contributed by atoms with Crippen molar-refractivity contribution in [2.75, 3.05) is 13.2 Å². The topological polar surface area (TPSA) is 58.6 Å². The van der Waals surface area contributed by atoms with Gasteiger partial charge in [-0.25, -0.2) is 0 Å². The standard InChI is InChI=1S/C17H22N2O3.C2H6/c1-4-6-12(3)11-15-13(5-2)19(9-10-22-15)14-7-8-16(20)18-17(14)21;1-2/h4-6,14H,1-2,7-11H2,3H3,(H,18,20,21);1-2H3. The third-order valence-corrected chi connectivity index (χ3v) is 3.83. The molecule has 0 aromatic heterocycles. The summed E-state index contributed by atoms with van der Waals surface area (Å²) in [5, 5.41) is 2.41. The molecule has 2 aliphatic heterocycles. The van der Waals surface area contributed by atoms with Gasteiger partial charge in [-0.3, -0.25) is 14.9 Å². The Hall–Kier alpha value is -2.30. The molecular formula is C19H28N2O3. The summed E-state index contributed by atoms with van der Waals surface area (Å²) in [7, 11) is 0. The molecule has 2 aliphatic rings. The molecule has 0 aromatic rings. The molecular weight excluding hydrogens is 304 g/mol. The quantitative estimate of drug-likeness (QED) is 0.621. The van der Waals surface area contributed by atoms with E-state index in [1.165, 1.54) is 0 Å². The van der Waals surface area contributed by atoms with Crippen molar-refractivity contribution in [3.8, 4) is 0 Å². The minimum Gasteiger partial charge on any atom is -0.494 e. The van der Waals surface area contributed by atoms with E-state index in [1.54, 1.807) is 12.2 Å². The summed E-state index contributed by atoms with van der Waals surface area (Å²) >= 11 is 0. The lowest BCUT2D eigenvalue weighted by atomic mass is 10.0. The fraction of sp³-hybridized carbons (Fsp3) is 0.474. The molecule has 0 bridgehead atoms. The Morgan fingerprint density at radius 1 is 1.38 bits per heavy atom. The number of nitrogens with one attached hydrogen (secondary N) is 1. The first kappa shape index (κ1) is 19.7. The maximum Gasteiger partial charge on any atom is 0.249 e. The van der Waals surface area contributed by atoms with E-state index in [0.29, 0.717) is 32.4 Å². The molecule has 2 amide bonds. The number of allylic oxidation sites excluding steroid dienone is 4. The first-order valence-electron chi connectivity index (χ1n) is 8.43. The highest BCUT2D eigenvalue weighted by atomic mass is 16.5. The second-order valence-corrected chi connectivity index (χ2v) is 5.45. The van der Waals surface area contributed by atoms with Gasteiger partial charge >= 0.3 is 0 Å². The van der Waals surface area contributed by atoms with Crippen LogP contribution in [0.5, 0.6) is 0 Å². The molecule has 24 heavy (non-hydrogen) atoms. The summed E-state index contributed by atoms with van der Waals surface area (Å²) in [4.78, 5) is 25.4. The highest BCUT2D eigenvalue weighted by molar-refractivity contribution is 6.00. The zero-order chi connectivity index (χ0) is 18.1. The number of carbonyl (C=O) groups is 2. The Labute approximate surface area is 144 Å².